The Balaban J connectivity index is 1.52. The Morgan fingerprint density at radius 1 is 1.11 bits per heavy atom. The zero-order valence-corrected chi connectivity index (χ0v) is 15.9. The van der Waals surface area contributed by atoms with Crippen molar-refractivity contribution in [3.8, 4) is 0 Å². The van der Waals surface area contributed by atoms with Crippen LogP contribution in [0.2, 0.25) is 5.02 Å². The molecule has 3 amide bonds. The van der Waals surface area contributed by atoms with Gasteiger partial charge < -0.3 is 5.32 Å². The van der Waals surface area contributed by atoms with Crippen LogP contribution in [0.1, 0.15) is 11.1 Å². The summed E-state index contributed by atoms with van der Waals surface area (Å²) in [5, 5.41) is 2.97. The number of carbonyl (C=O) groups is 3. The molecule has 27 heavy (non-hydrogen) atoms. The molecule has 0 bridgehead atoms. The molecule has 1 heterocycles. The molecule has 0 aliphatic carbocycles. The van der Waals surface area contributed by atoms with Crippen molar-refractivity contribution in [3.05, 3.63) is 75.7 Å². The van der Waals surface area contributed by atoms with E-state index in [-0.39, 0.29) is 36.6 Å². The van der Waals surface area contributed by atoms with Crippen LogP contribution in [0.15, 0.2) is 59.5 Å². The van der Waals surface area contributed by atoms with E-state index in [1.807, 2.05) is 36.4 Å². The number of amides is 3. The Bertz CT molecular complexity index is 899. The van der Waals surface area contributed by atoms with Crippen molar-refractivity contribution in [2.45, 2.75) is 6.42 Å². The summed E-state index contributed by atoms with van der Waals surface area (Å²) in [5.74, 6) is -0.526. The van der Waals surface area contributed by atoms with Gasteiger partial charge in [0.1, 0.15) is 0 Å². The Labute approximate surface area is 166 Å². The second kappa shape index (κ2) is 8.88. The van der Waals surface area contributed by atoms with E-state index in [1.165, 1.54) is 0 Å². The molecule has 5 nitrogen and oxygen atoms in total. The molecule has 2 aromatic carbocycles. The van der Waals surface area contributed by atoms with Gasteiger partial charge in [-0.15, -0.1) is 0 Å². The first-order chi connectivity index (χ1) is 13.0. The Morgan fingerprint density at radius 3 is 2.63 bits per heavy atom. The fourth-order valence-electron chi connectivity index (χ4n) is 2.60. The highest BCUT2D eigenvalue weighted by Gasteiger charge is 2.34. The summed E-state index contributed by atoms with van der Waals surface area (Å²) in [5.41, 5.74) is 1.66. The smallest absolute Gasteiger partial charge is 0.293 e. The Kier molecular flexibility index (Phi) is 6.32. The second-order valence-electron chi connectivity index (χ2n) is 5.90. The number of benzene rings is 2. The fourth-order valence-corrected chi connectivity index (χ4v) is 3.67. The maximum atomic E-state index is 12.4. The van der Waals surface area contributed by atoms with Gasteiger partial charge in [-0.2, -0.15) is 0 Å². The van der Waals surface area contributed by atoms with Crippen molar-refractivity contribution < 1.29 is 14.4 Å². The SMILES string of the molecule is O=C(Cc1cccc(Cl)c1)NCCN1C(=O)SC(=Cc2ccccc2)C1=O. The van der Waals surface area contributed by atoms with Crippen molar-refractivity contribution in [2.75, 3.05) is 13.1 Å². The van der Waals surface area contributed by atoms with Gasteiger partial charge in [-0.25, -0.2) is 0 Å². The van der Waals surface area contributed by atoms with Crippen molar-refractivity contribution in [1.82, 2.24) is 10.2 Å². The average molecular weight is 401 g/mol. The first-order valence-corrected chi connectivity index (χ1v) is 9.54. The molecular formula is C20H17ClN2O3S. The molecule has 0 unspecified atom stereocenters. The van der Waals surface area contributed by atoms with Gasteiger partial charge in [0.05, 0.1) is 11.3 Å². The van der Waals surface area contributed by atoms with E-state index in [9.17, 15) is 14.4 Å². The molecule has 138 valence electrons. The molecule has 1 aliphatic heterocycles. The highest BCUT2D eigenvalue weighted by molar-refractivity contribution is 8.18. The minimum atomic E-state index is -0.335. The average Bonchev–Trinajstić information content (AvgIpc) is 2.90. The van der Waals surface area contributed by atoms with Crippen LogP contribution < -0.4 is 5.32 Å². The number of hydrogen-bond donors (Lipinski definition) is 1. The lowest BCUT2D eigenvalue weighted by Gasteiger charge is -2.13. The molecule has 0 atom stereocenters. The van der Waals surface area contributed by atoms with Crippen molar-refractivity contribution in [2.24, 2.45) is 0 Å². The van der Waals surface area contributed by atoms with Crippen LogP contribution in [0.4, 0.5) is 4.79 Å². The molecule has 0 spiro atoms. The van der Waals surface area contributed by atoms with Gasteiger partial charge in [0.15, 0.2) is 0 Å². The van der Waals surface area contributed by atoms with Crippen LogP contribution in [0.5, 0.6) is 0 Å². The minimum Gasteiger partial charge on any atom is -0.354 e. The van der Waals surface area contributed by atoms with Gasteiger partial charge in [-0.1, -0.05) is 54.1 Å². The van der Waals surface area contributed by atoms with E-state index in [4.69, 9.17) is 11.6 Å². The zero-order chi connectivity index (χ0) is 19.2. The van der Waals surface area contributed by atoms with Crippen LogP contribution in [-0.4, -0.2) is 35.0 Å². The minimum absolute atomic E-state index is 0.137. The lowest BCUT2D eigenvalue weighted by molar-refractivity contribution is -0.124. The van der Waals surface area contributed by atoms with Gasteiger partial charge in [-0.05, 0) is 41.1 Å². The number of halogens is 1. The largest absolute Gasteiger partial charge is 0.354 e. The van der Waals surface area contributed by atoms with Crippen LogP contribution in [0.3, 0.4) is 0 Å². The van der Waals surface area contributed by atoms with Gasteiger partial charge in [0.25, 0.3) is 11.1 Å². The summed E-state index contributed by atoms with van der Waals surface area (Å²) in [6.45, 7) is 0.341. The van der Waals surface area contributed by atoms with Crippen molar-refractivity contribution in [1.29, 1.82) is 0 Å². The fraction of sp³-hybridized carbons (Fsp3) is 0.150. The number of imide groups is 1. The molecule has 0 saturated carbocycles. The molecule has 1 fully saturated rings. The second-order valence-corrected chi connectivity index (χ2v) is 7.33. The summed E-state index contributed by atoms with van der Waals surface area (Å²) < 4.78 is 0. The maximum absolute atomic E-state index is 12.4. The van der Waals surface area contributed by atoms with E-state index in [2.05, 4.69) is 5.32 Å². The molecular weight excluding hydrogens is 384 g/mol. The number of hydrogen-bond acceptors (Lipinski definition) is 4. The number of nitrogens with zero attached hydrogens (tertiary/aromatic N) is 1. The predicted octanol–water partition coefficient (Wildman–Crippen LogP) is 3.74. The lowest BCUT2D eigenvalue weighted by Crippen LogP contribution is -2.37. The van der Waals surface area contributed by atoms with E-state index < -0.39 is 0 Å². The van der Waals surface area contributed by atoms with Gasteiger partial charge in [-0.3, -0.25) is 19.3 Å². The predicted molar refractivity (Wildman–Crippen MR) is 107 cm³/mol. The number of carbonyl (C=O) groups excluding carboxylic acids is 3. The molecule has 3 rings (SSSR count). The third-order valence-corrected chi connectivity index (χ3v) is 5.02. The summed E-state index contributed by atoms with van der Waals surface area (Å²) in [6.07, 6.45) is 1.89. The Morgan fingerprint density at radius 2 is 1.89 bits per heavy atom. The number of rotatable bonds is 6. The van der Waals surface area contributed by atoms with Gasteiger partial charge in [0, 0.05) is 18.1 Å². The van der Waals surface area contributed by atoms with Crippen LogP contribution in [-0.2, 0) is 16.0 Å². The highest BCUT2D eigenvalue weighted by Crippen LogP contribution is 2.31. The first-order valence-electron chi connectivity index (χ1n) is 8.34. The van der Waals surface area contributed by atoms with Crippen LogP contribution in [0, 0.1) is 0 Å². The summed E-state index contributed by atoms with van der Waals surface area (Å²) >= 11 is 6.81. The molecule has 1 saturated heterocycles. The van der Waals surface area contributed by atoms with E-state index >= 15 is 0 Å². The normalized spacial score (nSPS) is 15.4. The molecule has 2 aromatic rings. The van der Waals surface area contributed by atoms with Crippen molar-refractivity contribution in [3.63, 3.8) is 0 Å². The van der Waals surface area contributed by atoms with E-state index in [0.29, 0.717) is 9.93 Å². The number of nitrogens with one attached hydrogen (secondary N) is 1. The molecule has 1 aliphatic rings. The van der Waals surface area contributed by atoms with Crippen molar-refractivity contribution >= 4 is 46.5 Å². The number of thioether (sulfide) groups is 1. The third kappa shape index (κ3) is 5.21. The van der Waals surface area contributed by atoms with Gasteiger partial charge >= 0.3 is 0 Å². The lowest BCUT2D eigenvalue weighted by atomic mass is 10.1. The van der Waals surface area contributed by atoms with E-state index in [0.717, 1.165) is 27.8 Å². The zero-order valence-electron chi connectivity index (χ0n) is 14.4. The summed E-state index contributed by atoms with van der Waals surface area (Å²) in [7, 11) is 0. The standard InChI is InChI=1S/C20H17ClN2O3S/c21-16-8-4-7-15(11-16)13-18(24)22-9-10-23-19(25)17(27-20(23)26)12-14-5-2-1-3-6-14/h1-8,11-12H,9-10,13H2,(H,22,24). The quantitative estimate of drug-likeness (QED) is 0.750. The van der Waals surface area contributed by atoms with Crippen LogP contribution in [0.25, 0.3) is 6.08 Å². The summed E-state index contributed by atoms with van der Waals surface area (Å²) in [4.78, 5) is 38.0. The molecule has 1 N–H and O–H groups in total. The maximum Gasteiger partial charge on any atom is 0.293 e. The molecule has 0 aromatic heterocycles. The first kappa shape index (κ1) is 19.2. The molecule has 0 radical (unpaired) electrons. The third-order valence-electron chi connectivity index (χ3n) is 3.88. The monoisotopic (exact) mass is 400 g/mol. The van der Waals surface area contributed by atoms with Crippen LogP contribution >= 0.6 is 23.4 Å². The Hall–Kier alpha value is -2.57. The van der Waals surface area contributed by atoms with Gasteiger partial charge in [0.2, 0.25) is 5.91 Å². The summed E-state index contributed by atoms with van der Waals surface area (Å²) in [6, 6.07) is 16.4. The topological polar surface area (TPSA) is 66.5 Å². The molecule has 7 heteroatoms. The van der Waals surface area contributed by atoms with E-state index in [1.54, 1.807) is 24.3 Å². The highest BCUT2D eigenvalue weighted by atomic mass is 35.5.